The van der Waals surface area contributed by atoms with E-state index in [1.807, 2.05) is 36.5 Å². The molecule has 10 heteroatoms. The molecule has 35 heavy (non-hydrogen) atoms. The first kappa shape index (κ1) is 22.6. The predicted octanol–water partition coefficient (Wildman–Crippen LogP) is 4.67. The lowest BCUT2D eigenvalue weighted by atomic mass is 10.0. The van der Waals surface area contributed by atoms with Gasteiger partial charge in [0.2, 0.25) is 0 Å². The summed E-state index contributed by atoms with van der Waals surface area (Å²) in [5.41, 5.74) is 1.35. The van der Waals surface area contributed by atoms with Crippen LogP contribution in [0.5, 0.6) is 0 Å². The van der Waals surface area contributed by atoms with Gasteiger partial charge in [-0.3, -0.25) is 9.88 Å². The molecule has 2 atom stereocenters. The van der Waals surface area contributed by atoms with Crippen LogP contribution in [0, 0.1) is 0 Å². The van der Waals surface area contributed by atoms with E-state index in [1.54, 1.807) is 31.4 Å². The number of hydrogen-bond donors (Lipinski definition) is 2. The summed E-state index contributed by atoms with van der Waals surface area (Å²) in [5, 5.41) is 15.1. The maximum atomic E-state index is 10.3. The minimum absolute atomic E-state index is 0.483. The molecule has 2 N–H and O–H groups in total. The lowest BCUT2D eigenvalue weighted by Crippen LogP contribution is -2.44. The summed E-state index contributed by atoms with van der Waals surface area (Å²) < 4.78 is 0.976. The van der Waals surface area contributed by atoms with Gasteiger partial charge in [-0.05, 0) is 51.6 Å². The molecule has 2 fully saturated rings. The van der Waals surface area contributed by atoms with E-state index in [0.29, 0.717) is 34.4 Å². The first-order chi connectivity index (χ1) is 16.7. The molecule has 0 spiro atoms. The molecule has 6 heterocycles. The Labute approximate surface area is 212 Å². The number of nitrogens with zero attached hydrogens (tertiary/aromatic N) is 6. The van der Waals surface area contributed by atoms with Crippen molar-refractivity contribution in [3.05, 3.63) is 53.4 Å². The van der Waals surface area contributed by atoms with E-state index in [0.717, 1.165) is 39.7 Å². The molecule has 0 saturated carbocycles. The number of aromatic nitrogens is 4. The molecule has 2 saturated heterocycles. The molecule has 0 aromatic carbocycles. The van der Waals surface area contributed by atoms with Crippen LogP contribution in [-0.4, -0.2) is 62.2 Å². The fourth-order valence-electron chi connectivity index (χ4n) is 4.90. The number of rotatable bonds is 5. The van der Waals surface area contributed by atoms with E-state index in [1.165, 1.54) is 6.42 Å². The number of halogens is 1. The standard InChI is InChI=1S/C25H26ClN7OS/c1-25(2,34)20-6-14(4-5-27-20)24-29-18-10-21(28-11-19(18)35-24)30-22-7-15(26)8-23(31-22)33-13-16-9-17(33)12-32(16)3/h4-8,10-11,16-17,34H,9,12-13H2,1-3H3,(H,28,30,31)/t16-,17-/m0/s1. The summed E-state index contributed by atoms with van der Waals surface area (Å²) >= 11 is 8.02. The summed E-state index contributed by atoms with van der Waals surface area (Å²) in [6.07, 6.45) is 4.69. The summed E-state index contributed by atoms with van der Waals surface area (Å²) in [5.74, 6) is 2.22. The van der Waals surface area contributed by atoms with Gasteiger partial charge in [-0.15, -0.1) is 11.3 Å². The molecule has 4 aromatic heterocycles. The smallest absolute Gasteiger partial charge is 0.135 e. The Morgan fingerprint density at radius 3 is 2.69 bits per heavy atom. The van der Waals surface area contributed by atoms with Gasteiger partial charge in [-0.25, -0.2) is 15.0 Å². The Balaban J connectivity index is 1.26. The fourth-order valence-corrected chi connectivity index (χ4v) is 6.01. The van der Waals surface area contributed by atoms with Crippen molar-refractivity contribution in [3.8, 4) is 10.6 Å². The third-order valence-corrected chi connectivity index (χ3v) is 8.02. The molecule has 8 nitrogen and oxygen atoms in total. The van der Waals surface area contributed by atoms with Crippen molar-refractivity contribution in [2.75, 3.05) is 30.4 Å². The van der Waals surface area contributed by atoms with Crippen LogP contribution < -0.4 is 10.2 Å². The molecular weight excluding hydrogens is 482 g/mol. The van der Waals surface area contributed by atoms with Gasteiger partial charge in [0.15, 0.2) is 0 Å². The minimum Gasteiger partial charge on any atom is -0.384 e. The quantitative estimate of drug-likeness (QED) is 0.403. The zero-order valence-electron chi connectivity index (χ0n) is 19.7. The Morgan fingerprint density at radius 1 is 1.09 bits per heavy atom. The van der Waals surface area contributed by atoms with Gasteiger partial charge in [0.05, 0.1) is 15.9 Å². The van der Waals surface area contributed by atoms with Crippen LogP contribution in [0.2, 0.25) is 5.02 Å². The van der Waals surface area contributed by atoms with Gasteiger partial charge in [-0.2, -0.15) is 0 Å². The lowest BCUT2D eigenvalue weighted by Gasteiger charge is -2.33. The van der Waals surface area contributed by atoms with E-state index < -0.39 is 5.60 Å². The predicted molar refractivity (Wildman–Crippen MR) is 141 cm³/mol. The number of likely N-dealkylation sites (N-methyl/N-ethyl adjacent to an activating group) is 1. The fraction of sp³-hybridized carbons (Fsp3) is 0.360. The molecule has 4 aromatic rings. The number of fused-ring (bicyclic) bond motifs is 3. The summed E-state index contributed by atoms with van der Waals surface area (Å²) in [6, 6.07) is 10.5. The zero-order chi connectivity index (χ0) is 24.3. The van der Waals surface area contributed by atoms with Crippen LogP contribution in [0.15, 0.2) is 42.7 Å². The number of thiazole rings is 1. The molecule has 0 aliphatic carbocycles. The number of likely N-dealkylation sites (tertiary alicyclic amines) is 1. The number of piperazine rings is 1. The van der Waals surface area contributed by atoms with Crippen molar-refractivity contribution in [1.82, 2.24) is 24.8 Å². The number of nitrogens with one attached hydrogen (secondary N) is 1. The summed E-state index contributed by atoms with van der Waals surface area (Å²) in [4.78, 5) is 23.3. The molecular formula is C25H26ClN7OS. The molecule has 0 unspecified atom stereocenters. The van der Waals surface area contributed by atoms with Crippen molar-refractivity contribution in [3.63, 3.8) is 0 Å². The van der Waals surface area contributed by atoms with Gasteiger partial charge in [0, 0.05) is 54.2 Å². The SMILES string of the molecule is CN1C[C@@H]2C[C@H]1CN2c1cc(Cl)cc(Nc2cc3nc(-c4ccnc(C(C)(C)O)c4)sc3cn2)n1. The van der Waals surface area contributed by atoms with Crippen LogP contribution in [0.25, 0.3) is 20.8 Å². The first-order valence-corrected chi connectivity index (χ1v) is 12.8. The average Bonchev–Trinajstić information content (AvgIpc) is 3.51. The molecule has 6 rings (SSSR count). The van der Waals surface area contributed by atoms with Crippen LogP contribution in [0.1, 0.15) is 26.0 Å². The van der Waals surface area contributed by atoms with Crippen LogP contribution in [-0.2, 0) is 5.60 Å². The number of pyridine rings is 3. The van der Waals surface area contributed by atoms with Crippen LogP contribution in [0.3, 0.4) is 0 Å². The van der Waals surface area contributed by atoms with Gasteiger partial charge in [0.25, 0.3) is 0 Å². The van der Waals surface area contributed by atoms with Crippen molar-refractivity contribution in [2.45, 2.75) is 38.0 Å². The maximum absolute atomic E-state index is 10.3. The molecule has 0 amide bonds. The topological polar surface area (TPSA) is 90.3 Å². The molecule has 2 aliphatic heterocycles. The highest BCUT2D eigenvalue weighted by atomic mass is 35.5. The van der Waals surface area contributed by atoms with Crippen molar-refractivity contribution >= 4 is 50.6 Å². The Hall–Kier alpha value is -2.85. The zero-order valence-corrected chi connectivity index (χ0v) is 21.3. The van der Waals surface area contributed by atoms with E-state index in [4.69, 9.17) is 21.6 Å². The molecule has 180 valence electrons. The highest BCUT2D eigenvalue weighted by Crippen LogP contribution is 2.36. The third-order valence-electron chi connectivity index (χ3n) is 6.75. The third kappa shape index (κ3) is 4.33. The molecule has 2 bridgehead atoms. The van der Waals surface area contributed by atoms with Gasteiger partial charge >= 0.3 is 0 Å². The second kappa shape index (κ2) is 8.37. The van der Waals surface area contributed by atoms with Crippen LogP contribution >= 0.6 is 22.9 Å². The summed E-state index contributed by atoms with van der Waals surface area (Å²) in [7, 11) is 2.19. The van der Waals surface area contributed by atoms with E-state index >= 15 is 0 Å². The largest absolute Gasteiger partial charge is 0.384 e. The molecule has 2 aliphatic rings. The van der Waals surface area contributed by atoms with Crippen molar-refractivity contribution in [2.24, 2.45) is 0 Å². The van der Waals surface area contributed by atoms with E-state index in [-0.39, 0.29) is 0 Å². The number of anilines is 3. The van der Waals surface area contributed by atoms with Gasteiger partial charge in [-0.1, -0.05) is 11.6 Å². The van der Waals surface area contributed by atoms with Crippen molar-refractivity contribution < 1.29 is 5.11 Å². The van der Waals surface area contributed by atoms with Crippen molar-refractivity contribution in [1.29, 1.82) is 0 Å². The summed E-state index contributed by atoms with van der Waals surface area (Å²) in [6.45, 7) is 5.48. The molecule has 0 radical (unpaired) electrons. The highest BCUT2D eigenvalue weighted by molar-refractivity contribution is 7.21. The Kier molecular flexibility index (Phi) is 5.41. The monoisotopic (exact) mass is 507 g/mol. The Morgan fingerprint density at radius 2 is 1.94 bits per heavy atom. The number of aliphatic hydroxyl groups is 1. The lowest BCUT2D eigenvalue weighted by molar-refractivity contribution is 0.0739. The van der Waals surface area contributed by atoms with Crippen LogP contribution in [0.4, 0.5) is 17.5 Å². The van der Waals surface area contributed by atoms with E-state index in [2.05, 4.69) is 32.1 Å². The maximum Gasteiger partial charge on any atom is 0.135 e. The number of hydrogen-bond acceptors (Lipinski definition) is 9. The van der Waals surface area contributed by atoms with Gasteiger partial charge < -0.3 is 15.3 Å². The minimum atomic E-state index is -1.02. The van der Waals surface area contributed by atoms with E-state index in [9.17, 15) is 5.11 Å². The average molecular weight is 508 g/mol. The second-order valence-electron chi connectivity index (χ2n) is 9.83. The first-order valence-electron chi connectivity index (χ1n) is 11.6. The highest BCUT2D eigenvalue weighted by Gasteiger charge is 2.42. The second-order valence-corrected chi connectivity index (χ2v) is 11.3. The normalized spacial score (nSPS) is 20.2. The Bertz CT molecular complexity index is 1420. The van der Waals surface area contributed by atoms with Gasteiger partial charge in [0.1, 0.15) is 28.1 Å².